The van der Waals surface area contributed by atoms with Crippen molar-refractivity contribution < 1.29 is 0 Å². The molecule has 0 unspecified atom stereocenters. The van der Waals surface area contributed by atoms with Crippen LogP contribution in [0.4, 0.5) is 0 Å². The van der Waals surface area contributed by atoms with Gasteiger partial charge in [0.15, 0.2) is 0 Å². The first-order chi connectivity index (χ1) is 5.16. The van der Waals surface area contributed by atoms with E-state index in [1.165, 1.54) is 24.8 Å². The monoisotopic (exact) mass is 218 g/mol. The smallest absolute Gasteiger partial charge is 0.0214 e. The van der Waals surface area contributed by atoms with Gasteiger partial charge < -0.3 is 0 Å². The molecule has 0 saturated carbocycles. The highest BCUT2D eigenvalue weighted by Crippen LogP contribution is 2.11. The second-order valence-corrected chi connectivity index (χ2v) is 4.14. The first-order valence-corrected chi connectivity index (χ1v) is 5.50. The highest BCUT2D eigenvalue weighted by molar-refractivity contribution is 9.09. The van der Waals surface area contributed by atoms with Gasteiger partial charge in [-0.1, -0.05) is 47.8 Å². The third-order valence-electron chi connectivity index (χ3n) is 1.78. The average Bonchev–Trinajstić information content (AvgIpc) is 1.87. The molecule has 0 nitrogen and oxygen atoms in total. The molecule has 0 radical (unpaired) electrons. The second-order valence-electron chi connectivity index (χ2n) is 3.49. The summed E-state index contributed by atoms with van der Waals surface area (Å²) in [5, 5.41) is 1.00. The maximum Gasteiger partial charge on any atom is 0.0214 e. The summed E-state index contributed by atoms with van der Waals surface area (Å²) in [5.74, 6) is 0.853. The van der Waals surface area contributed by atoms with Crippen molar-refractivity contribution in [3.8, 4) is 0 Å². The molecule has 0 fully saturated rings. The average molecular weight is 219 g/mol. The second kappa shape index (κ2) is 6.90. The summed E-state index contributed by atoms with van der Waals surface area (Å²) < 4.78 is 0. The third-order valence-corrected chi connectivity index (χ3v) is 2.10. The van der Waals surface area contributed by atoms with Gasteiger partial charge >= 0.3 is 0 Å². The maximum atomic E-state index is 3.39. The summed E-state index contributed by atoms with van der Waals surface area (Å²) in [4.78, 5) is 0. The minimum Gasteiger partial charge on any atom is -0.0883 e. The first-order valence-electron chi connectivity index (χ1n) is 4.38. The maximum absolute atomic E-state index is 3.39. The van der Waals surface area contributed by atoms with E-state index in [2.05, 4.69) is 42.8 Å². The van der Waals surface area contributed by atoms with Gasteiger partial charge in [-0.2, -0.15) is 0 Å². The van der Waals surface area contributed by atoms with E-state index in [9.17, 15) is 0 Å². The fourth-order valence-corrected chi connectivity index (χ4v) is 1.58. The number of allylic oxidation sites excluding steroid dienone is 2. The van der Waals surface area contributed by atoms with E-state index in [-0.39, 0.29) is 0 Å². The van der Waals surface area contributed by atoms with Crippen LogP contribution in [0, 0.1) is 5.92 Å². The Bertz CT molecular complexity index is 114. The molecule has 0 aromatic heterocycles. The SMILES string of the molecule is CC(=CCBr)CCCC(C)C. The predicted octanol–water partition coefficient (Wildman–Crippen LogP) is 4.15. The van der Waals surface area contributed by atoms with Gasteiger partial charge in [-0.3, -0.25) is 0 Å². The number of hydrogen-bond donors (Lipinski definition) is 0. The van der Waals surface area contributed by atoms with Crippen LogP contribution in [0.25, 0.3) is 0 Å². The molecule has 0 amide bonds. The van der Waals surface area contributed by atoms with Crippen LogP contribution in [-0.4, -0.2) is 5.33 Å². The zero-order chi connectivity index (χ0) is 8.69. The van der Waals surface area contributed by atoms with Gasteiger partial charge in [-0.25, -0.2) is 0 Å². The normalized spacial score (nSPS) is 12.6. The molecular weight excluding hydrogens is 200 g/mol. The van der Waals surface area contributed by atoms with E-state index in [0.717, 1.165) is 11.2 Å². The zero-order valence-electron chi connectivity index (χ0n) is 7.86. The van der Waals surface area contributed by atoms with Crippen molar-refractivity contribution in [2.45, 2.75) is 40.0 Å². The van der Waals surface area contributed by atoms with Crippen LogP contribution in [0.2, 0.25) is 0 Å². The first kappa shape index (κ1) is 11.2. The fourth-order valence-electron chi connectivity index (χ4n) is 1.02. The third kappa shape index (κ3) is 8.12. The van der Waals surface area contributed by atoms with Gasteiger partial charge in [0, 0.05) is 5.33 Å². The molecule has 0 atom stereocenters. The van der Waals surface area contributed by atoms with Gasteiger partial charge in [-0.15, -0.1) is 0 Å². The summed E-state index contributed by atoms with van der Waals surface area (Å²) in [7, 11) is 0. The standard InChI is InChI=1S/C10H19Br/c1-9(2)5-4-6-10(3)7-8-11/h7,9H,4-6,8H2,1-3H3. The molecule has 0 aromatic carbocycles. The van der Waals surface area contributed by atoms with Gasteiger partial charge in [0.1, 0.15) is 0 Å². The topological polar surface area (TPSA) is 0 Å². The van der Waals surface area contributed by atoms with Crippen molar-refractivity contribution in [3.05, 3.63) is 11.6 Å². The minimum atomic E-state index is 0.853. The van der Waals surface area contributed by atoms with Gasteiger partial charge in [-0.05, 0) is 25.7 Å². The predicted molar refractivity (Wildman–Crippen MR) is 56.2 cm³/mol. The Hall–Kier alpha value is 0.220. The van der Waals surface area contributed by atoms with Crippen LogP contribution in [-0.2, 0) is 0 Å². The molecule has 0 aliphatic heterocycles. The van der Waals surface area contributed by atoms with E-state index in [1.54, 1.807) is 0 Å². The Morgan fingerprint density at radius 3 is 2.55 bits per heavy atom. The van der Waals surface area contributed by atoms with Crippen molar-refractivity contribution in [3.63, 3.8) is 0 Å². The Balaban J connectivity index is 3.31. The Morgan fingerprint density at radius 2 is 2.09 bits per heavy atom. The summed E-state index contributed by atoms with van der Waals surface area (Å²) in [6.07, 6.45) is 6.21. The lowest BCUT2D eigenvalue weighted by Crippen LogP contribution is -1.87. The highest BCUT2D eigenvalue weighted by atomic mass is 79.9. The largest absolute Gasteiger partial charge is 0.0883 e. The zero-order valence-corrected chi connectivity index (χ0v) is 9.45. The number of rotatable bonds is 5. The Morgan fingerprint density at radius 1 is 1.45 bits per heavy atom. The molecule has 11 heavy (non-hydrogen) atoms. The van der Waals surface area contributed by atoms with Crippen molar-refractivity contribution in [1.29, 1.82) is 0 Å². The van der Waals surface area contributed by atoms with Crippen molar-refractivity contribution in [1.82, 2.24) is 0 Å². The molecular formula is C10H19Br. The van der Waals surface area contributed by atoms with Crippen LogP contribution in [0.15, 0.2) is 11.6 Å². The summed E-state index contributed by atoms with van der Waals surface area (Å²) >= 11 is 3.39. The molecule has 0 heterocycles. The molecule has 0 saturated heterocycles. The van der Waals surface area contributed by atoms with Crippen LogP contribution >= 0.6 is 15.9 Å². The van der Waals surface area contributed by atoms with Crippen LogP contribution in [0.3, 0.4) is 0 Å². The molecule has 0 aromatic rings. The molecule has 0 spiro atoms. The number of alkyl halides is 1. The van der Waals surface area contributed by atoms with Crippen molar-refractivity contribution in [2.75, 3.05) is 5.33 Å². The highest BCUT2D eigenvalue weighted by Gasteiger charge is 1.94. The van der Waals surface area contributed by atoms with Gasteiger partial charge in [0.25, 0.3) is 0 Å². The van der Waals surface area contributed by atoms with E-state index in [4.69, 9.17) is 0 Å². The molecule has 0 rings (SSSR count). The summed E-state index contributed by atoms with van der Waals surface area (Å²) in [6.45, 7) is 6.77. The fraction of sp³-hybridized carbons (Fsp3) is 0.800. The molecule has 0 N–H and O–H groups in total. The summed E-state index contributed by atoms with van der Waals surface area (Å²) in [5.41, 5.74) is 1.52. The molecule has 66 valence electrons. The van der Waals surface area contributed by atoms with Crippen molar-refractivity contribution >= 4 is 15.9 Å². The van der Waals surface area contributed by atoms with E-state index in [1.807, 2.05) is 0 Å². The minimum absolute atomic E-state index is 0.853. The van der Waals surface area contributed by atoms with E-state index in [0.29, 0.717) is 0 Å². The van der Waals surface area contributed by atoms with Crippen LogP contribution < -0.4 is 0 Å². The van der Waals surface area contributed by atoms with Crippen molar-refractivity contribution in [2.24, 2.45) is 5.92 Å². The van der Waals surface area contributed by atoms with Crippen LogP contribution in [0.5, 0.6) is 0 Å². The Labute approximate surface area is 79.2 Å². The van der Waals surface area contributed by atoms with E-state index < -0.39 is 0 Å². The Kier molecular flexibility index (Phi) is 7.04. The number of hydrogen-bond acceptors (Lipinski definition) is 0. The lowest BCUT2D eigenvalue weighted by Gasteiger charge is -2.03. The van der Waals surface area contributed by atoms with Gasteiger partial charge in [0.2, 0.25) is 0 Å². The molecule has 1 heteroatoms. The molecule has 0 aliphatic rings. The van der Waals surface area contributed by atoms with E-state index >= 15 is 0 Å². The lowest BCUT2D eigenvalue weighted by molar-refractivity contribution is 0.554. The van der Waals surface area contributed by atoms with Gasteiger partial charge in [0.05, 0.1) is 0 Å². The number of halogens is 1. The molecule has 0 bridgehead atoms. The lowest BCUT2D eigenvalue weighted by atomic mass is 10.0. The van der Waals surface area contributed by atoms with Crippen LogP contribution in [0.1, 0.15) is 40.0 Å². The quantitative estimate of drug-likeness (QED) is 0.481. The molecule has 0 aliphatic carbocycles. The summed E-state index contributed by atoms with van der Waals surface area (Å²) in [6, 6.07) is 0.